The molecule has 0 atom stereocenters. The number of hydrogen-bond acceptors (Lipinski definition) is 4. The van der Waals surface area contributed by atoms with Gasteiger partial charge in [-0.1, -0.05) is 23.2 Å². The van der Waals surface area contributed by atoms with Crippen LogP contribution in [0, 0.1) is 0 Å². The highest BCUT2D eigenvalue weighted by molar-refractivity contribution is 7.89. The third-order valence-corrected chi connectivity index (χ3v) is 4.69. The fraction of sp³-hybridized carbons (Fsp3) is 0.250. The molecule has 2 N–H and O–H groups in total. The van der Waals surface area contributed by atoms with Crippen LogP contribution >= 0.6 is 23.2 Å². The number of ether oxygens (including phenoxy) is 1. The summed E-state index contributed by atoms with van der Waals surface area (Å²) in [5.41, 5.74) is 0.378. The first kappa shape index (κ1) is 17.9. The van der Waals surface area contributed by atoms with Gasteiger partial charge in [0.2, 0.25) is 10.0 Å². The van der Waals surface area contributed by atoms with Crippen molar-refractivity contribution >= 4 is 45.3 Å². The van der Waals surface area contributed by atoms with Crippen molar-refractivity contribution in [1.29, 1.82) is 0 Å². The monoisotopic (exact) mass is 353 g/mol. The number of aliphatic carboxylic acids is 1. The van der Waals surface area contributed by atoms with Gasteiger partial charge in [0.1, 0.15) is 4.90 Å². The molecule has 0 saturated carbocycles. The van der Waals surface area contributed by atoms with Gasteiger partial charge in [0.25, 0.3) is 0 Å². The lowest BCUT2D eigenvalue weighted by atomic mass is 10.2. The Morgan fingerprint density at radius 2 is 1.95 bits per heavy atom. The number of carbonyl (C=O) groups is 1. The number of methoxy groups -OCH3 is 1. The van der Waals surface area contributed by atoms with Gasteiger partial charge in [-0.25, -0.2) is 17.9 Å². The van der Waals surface area contributed by atoms with Gasteiger partial charge in [-0.05, 0) is 23.8 Å². The highest BCUT2D eigenvalue weighted by atomic mass is 35.5. The van der Waals surface area contributed by atoms with Crippen LogP contribution in [0.4, 0.5) is 0 Å². The molecule has 1 rings (SSSR count). The van der Waals surface area contributed by atoms with Crippen LogP contribution in [0.2, 0.25) is 10.0 Å². The molecule has 0 aliphatic rings. The summed E-state index contributed by atoms with van der Waals surface area (Å²) in [6, 6.07) is 2.63. The van der Waals surface area contributed by atoms with E-state index in [9.17, 15) is 13.2 Å². The first-order valence-electron chi connectivity index (χ1n) is 5.66. The van der Waals surface area contributed by atoms with Crippen molar-refractivity contribution in [1.82, 2.24) is 4.72 Å². The first-order valence-corrected chi connectivity index (χ1v) is 7.90. The summed E-state index contributed by atoms with van der Waals surface area (Å²) in [5.74, 6) is -1.14. The van der Waals surface area contributed by atoms with Crippen molar-refractivity contribution < 1.29 is 23.1 Å². The van der Waals surface area contributed by atoms with E-state index in [4.69, 9.17) is 33.0 Å². The Bertz CT molecular complexity index is 635. The Morgan fingerprint density at radius 1 is 1.38 bits per heavy atom. The van der Waals surface area contributed by atoms with Gasteiger partial charge in [0.15, 0.2) is 0 Å². The van der Waals surface area contributed by atoms with Gasteiger partial charge < -0.3 is 9.84 Å². The number of rotatable bonds is 7. The number of benzene rings is 1. The molecule has 1 aromatic carbocycles. The van der Waals surface area contributed by atoms with Crippen LogP contribution in [0.25, 0.3) is 6.08 Å². The number of hydrogen-bond donors (Lipinski definition) is 2. The first-order chi connectivity index (χ1) is 9.77. The summed E-state index contributed by atoms with van der Waals surface area (Å²) in [6.07, 6.45) is 2.15. The molecule has 0 saturated heterocycles. The third-order valence-electron chi connectivity index (χ3n) is 2.31. The SMILES string of the molecule is COCCNS(=O)(=O)c1c(Cl)cc(C=CC(=O)O)cc1Cl. The lowest BCUT2D eigenvalue weighted by Crippen LogP contribution is -2.27. The lowest BCUT2D eigenvalue weighted by Gasteiger charge is -2.10. The number of carboxylic acids is 1. The molecule has 0 aliphatic heterocycles. The zero-order valence-electron chi connectivity index (χ0n) is 11.0. The molecule has 0 fully saturated rings. The van der Waals surface area contributed by atoms with Crippen molar-refractivity contribution in [2.75, 3.05) is 20.3 Å². The molecule has 0 aliphatic carbocycles. The molecule has 116 valence electrons. The molecule has 9 heteroatoms. The fourth-order valence-corrected chi connectivity index (χ4v) is 3.69. The molecular formula is C12H13Cl2NO5S. The van der Waals surface area contributed by atoms with E-state index in [0.29, 0.717) is 5.56 Å². The summed E-state index contributed by atoms with van der Waals surface area (Å²) < 4.78 is 31.2. The van der Waals surface area contributed by atoms with Crippen LogP contribution in [-0.4, -0.2) is 39.8 Å². The highest BCUT2D eigenvalue weighted by Crippen LogP contribution is 2.31. The van der Waals surface area contributed by atoms with Crippen LogP contribution in [0.15, 0.2) is 23.1 Å². The van der Waals surface area contributed by atoms with E-state index in [1.807, 2.05) is 0 Å². The smallest absolute Gasteiger partial charge is 0.328 e. The van der Waals surface area contributed by atoms with Crippen molar-refractivity contribution in [3.05, 3.63) is 33.8 Å². The lowest BCUT2D eigenvalue weighted by molar-refractivity contribution is -0.131. The quantitative estimate of drug-likeness (QED) is 0.577. The summed E-state index contributed by atoms with van der Waals surface area (Å²) in [7, 11) is -2.43. The van der Waals surface area contributed by atoms with Gasteiger partial charge in [-0.3, -0.25) is 0 Å². The Labute approximate surface area is 132 Å². The van der Waals surface area contributed by atoms with Crippen molar-refractivity contribution in [3.63, 3.8) is 0 Å². The topological polar surface area (TPSA) is 92.7 Å². The molecule has 0 aromatic heterocycles. The average molecular weight is 354 g/mol. The minimum atomic E-state index is -3.88. The van der Waals surface area contributed by atoms with Gasteiger partial charge in [0, 0.05) is 19.7 Å². The predicted molar refractivity (Wildman–Crippen MR) is 80.2 cm³/mol. The molecule has 0 heterocycles. The molecule has 0 unspecified atom stereocenters. The maximum Gasteiger partial charge on any atom is 0.328 e. The standard InChI is InChI=1S/C12H13Cl2NO5S/c1-20-5-4-15-21(18,19)12-9(13)6-8(7-10(12)14)2-3-11(16)17/h2-3,6-7,15H,4-5H2,1H3,(H,16,17). The summed E-state index contributed by atoms with van der Waals surface area (Å²) >= 11 is 11.9. The number of halogens is 2. The fourth-order valence-electron chi connectivity index (χ4n) is 1.45. The Kier molecular flexibility index (Phi) is 6.63. The van der Waals surface area contributed by atoms with Crippen molar-refractivity contribution in [2.24, 2.45) is 0 Å². The van der Waals surface area contributed by atoms with Gasteiger partial charge in [-0.2, -0.15) is 0 Å². The molecule has 0 amide bonds. The largest absolute Gasteiger partial charge is 0.478 e. The molecular weight excluding hydrogens is 341 g/mol. The van der Waals surface area contributed by atoms with Gasteiger partial charge >= 0.3 is 5.97 Å². The van der Waals surface area contributed by atoms with E-state index < -0.39 is 16.0 Å². The zero-order valence-corrected chi connectivity index (χ0v) is 13.3. The summed E-state index contributed by atoms with van der Waals surface area (Å²) in [6.45, 7) is 0.278. The maximum atomic E-state index is 12.1. The molecule has 21 heavy (non-hydrogen) atoms. The van der Waals surface area contributed by atoms with E-state index in [1.54, 1.807) is 0 Å². The van der Waals surface area contributed by atoms with E-state index in [0.717, 1.165) is 6.08 Å². The molecule has 0 radical (unpaired) electrons. The Balaban J connectivity index is 3.12. The van der Waals surface area contributed by atoms with Crippen molar-refractivity contribution in [3.8, 4) is 0 Å². The molecule has 1 aromatic rings. The Morgan fingerprint density at radius 3 is 2.43 bits per heavy atom. The second kappa shape index (κ2) is 7.77. The van der Waals surface area contributed by atoms with Crippen LogP contribution in [0.3, 0.4) is 0 Å². The van der Waals surface area contributed by atoms with Crippen LogP contribution < -0.4 is 4.72 Å². The minimum absolute atomic E-state index is 0.0756. The average Bonchev–Trinajstić information content (AvgIpc) is 2.35. The second-order valence-corrected chi connectivity index (χ2v) is 6.39. The highest BCUT2D eigenvalue weighted by Gasteiger charge is 2.21. The predicted octanol–water partition coefficient (Wildman–Crippen LogP) is 2.02. The van der Waals surface area contributed by atoms with E-state index in [1.165, 1.54) is 25.3 Å². The number of sulfonamides is 1. The summed E-state index contributed by atoms with van der Waals surface area (Å²) in [5, 5.41) is 8.35. The second-order valence-electron chi connectivity index (χ2n) is 3.88. The number of carboxylic acid groups (broad SMARTS) is 1. The van der Waals surface area contributed by atoms with E-state index in [-0.39, 0.29) is 28.1 Å². The Hall–Kier alpha value is -1.12. The van der Waals surface area contributed by atoms with Crippen LogP contribution in [-0.2, 0) is 19.6 Å². The van der Waals surface area contributed by atoms with E-state index in [2.05, 4.69) is 4.72 Å². The third kappa shape index (κ3) is 5.29. The van der Waals surface area contributed by atoms with Crippen LogP contribution in [0.5, 0.6) is 0 Å². The maximum absolute atomic E-state index is 12.1. The minimum Gasteiger partial charge on any atom is -0.478 e. The molecule has 6 nitrogen and oxygen atoms in total. The van der Waals surface area contributed by atoms with Gasteiger partial charge in [0.05, 0.1) is 16.7 Å². The molecule has 0 spiro atoms. The summed E-state index contributed by atoms with van der Waals surface area (Å²) in [4.78, 5) is 10.2. The van der Waals surface area contributed by atoms with Crippen molar-refractivity contribution in [2.45, 2.75) is 4.90 Å². The number of nitrogens with one attached hydrogen (secondary N) is 1. The zero-order chi connectivity index (χ0) is 16.0. The van der Waals surface area contributed by atoms with E-state index >= 15 is 0 Å². The molecule has 0 bridgehead atoms. The normalized spacial score (nSPS) is 12.0. The van der Waals surface area contributed by atoms with Gasteiger partial charge in [-0.15, -0.1) is 0 Å². The van der Waals surface area contributed by atoms with Crippen LogP contribution in [0.1, 0.15) is 5.56 Å².